The third-order valence-corrected chi connectivity index (χ3v) is 4.33. The van der Waals surface area contributed by atoms with Crippen LogP contribution in [-0.2, 0) is 4.79 Å². The highest BCUT2D eigenvalue weighted by atomic mass is 79.9. The number of carbonyl (C=O) groups is 2. The fraction of sp³-hybridized carbons (Fsp3) is 0.385. The van der Waals surface area contributed by atoms with Crippen LogP contribution in [0.3, 0.4) is 0 Å². The molecule has 7 heteroatoms. The van der Waals surface area contributed by atoms with Crippen molar-refractivity contribution in [3.63, 3.8) is 0 Å². The number of nitrogens with one attached hydrogen (secondary N) is 1. The van der Waals surface area contributed by atoms with E-state index in [9.17, 15) is 9.59 Å². The maximum Gasteiger partial charge on any atom is 0.321 e. The molecule has 5 nitrogen and oxygen atoms in total. The van der Waals surface area contributed by atoms with Gasteiger partial charge in [-0.05, 0) is 34.1 Å². The van der Waals surface area contributed by atoms with Crippen molar-refractivity contribution < 1.29 is 9.59 Å². The third kappa shape index (κ3) is 3.73. The summed E-state index contributed by atoms with van der Waals surface area (Å²) in [6, 6.07) is 5.44. The molecule has 0 radical (unpaired) electrons. The van der Waals surface area contributed by atoms with Gasteiger partial charge < -0.3 is 15.1 Å². The molecule has 0 unspecified atom stereocenters. The number of hydrogen-bond donors (Lipinski definition) is 1. The molecule has 1 aliphatic heterocycles. The van der Waals surface area contributed by atoms with Crippen molar-refractivity contribution in [2.45, 2.75) is 6.92 Å². The van der Waals surface area contributed by atoms with Gasteiger partial charge in [-0.15, -0.1) is 0 Å². The first-order chi connectivity index (χ1) is 9.47. The van der Waals surface area contributed by atoms with E-state index in [1.165, 1.54) is 0 Å². The number of carbonyl (C=O) groups excluding carboxylic acids is 2. The Morgan fingerprint density at radius 2 is 1.70 bits per heavy atom. The fourth-order valence-electron chi connectivity index (χ4n) is 2.01. The summed E-state index contributed by atoms with van der Waals surface area (Å²) in [5.74, 6) is 0.0562. The Morgan fingerprint density at radius 1 is 1.10 bits per heavy atom. The van der Waals surface area contributed by atoms with Crippen LogP contribution in [0.25, 0.3) is 0 Å². The fourth-order valence-corrected chi connectivity index (χ4v) is 3.16. The smallest absolute Gasteiger partial charge is 0.321 e. The molecule has 3 amide bonds. The molecule has 1 aliphatic rings. The van der Waals surface area contributed by atoms with E-state index in [-0.39, 0.29) is 11.9 Å². The van der Waals surface area contributed by atoms with E-state index in [4.69, 9.17) is 0 Å². The van der Waals surface area contributed by atoms with Gasteiger partial charge in [0.2, 0.25) is 5.91 Å². The maximum atomic E-state index is 12.2. The molecule has 1 saturated heterocycles. The number of anilines is 1. The number of halogens is 2. The van der Waals surface area contributed by atoms with Gasteiger partial charge in [0.1, 0.15) is 0 Å². The minimum absolute atomic E-state index is 0.0562. The summed E-state index contributed by atoms with van der Waals surface area (Å²) in [5, 5.41) is 2.87. The summed E-state index contributed by atoms with van der Waals surface area (Å²) in [4.78, 5) is 26.9. The van der Waals surface area contributed by atoms with Crippen LogP contribution >= 0.6 is 31.9 Å². The Bertz CT molecular complexity index is 528. The van der Waals surface area contributed by atoms with E-state index in [1.54, 1.807) is 16.7 Å². The molecule has 0 aromatic heterocycles. The highest BCUT2D eigenvalue weighted by molar-refractivity contribution is 9.11. The van der Waals surface area contributed by atoms with Gasteiger partial charge in [0.05, 0.1) is 5.69 Å². The second kappa shape index (κ2) is 6.58. The van der Waals surface area contributed by atoms with Gasteiger partial charge in [-0.1, -0.05) is 15.9 Å². The van der Waals surface area contributed by atoms with Crippen LogP contribution in [0.2, 0.25) is 0 Å². The summed E-state index contributed by atoms with van der Waals surface area (Å²) in [6.07, 6.45) is 0. The van der Waals surface area contributed by atoms with Crippen molar-refractivity contribution in [3.05, 3.63) is 27.1 Å². The molecule has 1 fully saturated rings. The number of amides is 3. The average molecular weight is 405 g/mol. The first kappa shape index (κ1) is 15.3. The average Bonchev–Trinajstić information content (AvgIpc) is 2.42. The molecular formula is C13H15Br2N3O2. The number of urea groups is 1. The number of benzene rings is 1. The van der Waals surface area contributed by atoms with Gasteiger partial charge in [0.25, 0.3) is 0 Å². The van der Waals surface area contributed by atoms with Crippen LogP contribution < -0.4 is 5.32 Å². The van der Waals surface area contributed by atoms with Gasteiger partial charge >= 0.3 is 6.03 Å². The van der Waals surface area contributed by atoms with Crippen LogP contribution in [0, 0.1) is 0 Å². The van der Waals surface area contributed by atoms with Gasteiger partial charge in [-0.25, -0.2) is 4.79 Å². The third-order valence-electron chi connectivity index (χ3n) is 3.18. The van der Waals surface area contributed by atoms with Gasteiger partial charge in [0.15, 0.2) is 0 Å². The van der Waals surface area contributed by atoms with Crippen molar-refractivity contribution in [1.82, 2.24) is 9.80 Å². The van der Waals surface area contributed by atoms with E-state index in [2.05, 4.69) is 37.2 Å². The lowest BCUT2D eigenvalue weighted by Crippen LogP contribution is -2.51. The molecule has 20 heavy (non-hydrogen) atoms. The molecule has 0 saturated carbocycles. The zero-order valence-electron chi connectivity index (χ0n) is 11.0. The SMILES string of the molecule is CC(=O)N1CCN(C(=O)Nc2ccc(Br)cc2Br)CC1. The number of piperazine rings is 1. The summed E-state index contributed by atoms with van der Waals surface area (Å²) in [7, 11) is 0. The first-order valence-corrected chi connectivity index (χ1v) is 7.82. The molecule has 2 rings (SSSR count). The molecule has 1 aromatic rings. The Labute approximate surface area is 134 Å². The Hall–Kier alpha value is -1.08. The second-order valence-electron chi connectivity index (χ2n) is 4.55. The number of hydrogen-bond acceptors (Lipinski definition) is 2. The number of rotatable bonds is 1. The molecule has 0 aliphatic carbocycles. The Kier molecular flexibility index (Phi) is 5.04. The minimum atomic E-state index is -0.142. The predicted octanol–water partition coefficient (Wildman–Crippen LogP) is 2.91. The van der Waals surface area contributed by atoms with Crippen LogP contribution in [0.1, 0.15) is 6.92 Å². The highest BCUT2D eigenvalue weighted by Crippen LogP contribution is 2.26. The molecule has 0 spiro atoms. The lowest BCUT2D eigenvalue weighted by atomic mass is 10.3. The Morgan fingerprint density at radius 3 is 2.25 bits per heavy atom. The van der Waals surface area contributed by atoms with Crippen molar-refractivity contribution in [2.24, 2.45) is 0 Å². The zero-order valence-corrected chi connectivity index (χ0v) is 14.2. The van der Waals surface area contributed by atoms with Crippen LogP contribution in [0.5, 0.6) is 0 Å². The predicted molar refractivity (Wildman–Crippen MR) is 84.7 cm³/mol. The summed E-state index contributed by atoms with van der Waals surface area (Å²) in [5.41, 5.74) is 0.729. The zero-order chi connectivity index (χ0) is 14.7. The molecule has 1 heterocycles. The molecule has 0 bridgehead atoms. The Balaban J connectivity index is 1.94. The highest BCUT2D eigenvalue weighted by Gasteiger charge is 2.22. The van der Waals surface area contributed by atoms with Crippen molar-refractivity contribution in [3.8, 4) is 0 Å². The second-order valence-corrected chi connectivity index (χ2v) is 6.32. The largest absolute Gasteiger partial charge is 0.339 e. The topological polar surface area (TPSA) is 52.7 Å². The number of nitrogens with zero attached hydrogens (tertiary/aromatic N) is 2. The van der Waals surface area contributed by atoms with Gasteiger partial charge in [-0.3, -0.25) is 4.79 Å². The molecule has 108 valence electrons. The first-order valence-electron chi connectivity index (χ1n) is 6.24. The lowest BCUT2D eigenvalue weighted by molar-refractivity contribution is -0.130. The van der Waals surface area contributed by atoms with Crippen LogP contribution in [-0.4, -0.2) is 47.9 Å². The maximum absolute atomic E-state index is 12.2. The minimum Gasteiger partial charge on any atom is -0.339 e. The quantitative estimate of drug-likeness (QED) is 0.782. The lowest BCUT2D eigenvalue weighted by Gasteiger charge is -2.34. The van der Waals surface area contributed by atoms with E-state index in [0.717, 1.165) is 14.6 Å². The van der Waals surface area contributed by atoms with Crippen LogP contribution in [0.15, 0.2) is 27.1 Å². The molecular weight excluding hydrogens is 390 g/mol. The molecule has 0 atom stereocenters. The van der Waals surface area contributed by atoms with Crippen molar-refractivity contribution >= 4 is 49.5 Å². The van der Waals surface area contributed by atoms with E-state index in [0.29, 0.717) is 26.2 Å². The van der Waals surface area contributed by atoms with Crippen molar-refractivity contribution in [2.75, 3.05) is 31.5 Å². The van der Waals surface area contributed by atoms with Crippen molar-refractivity contribution in [1.29, 1.82) is 0 Å². The monoisotopic (exact) mass is 403 g/mol. The van der Waals surface area contributed by atoms with E-state index in [1.807, 2.05) is 18.2 Å². The van der Waals surface area contributed by atoms with E-state index >= 15 is 0 Å². The molecule has 1 N–H and O–H groups in total. The summed E-state index contributed by atoms with van der Waals surface area (Å²) < 4.78 is 1.76. The van der Waals surface area contributed by atoms with Crippen LogP contribution in [0.4, 0.5) is 10.5 Å². The van der Waals surface area contributed by atoms with Gasteiger partial charge in [0, 0.05) is 42.0 Å². The molecule has 1 aromatic carbocycles. The summed E-state index contributed by atoms with van der Waals surface area (Å²) in [6.45, 7) is 3.84. The van der Waals surface area contributed by atoms with E-state index < -0.39 is 0 Å². The standard InChI is InChI=1S/C13H15Br2N3O2/c1-9(19)17-4-6-18(7-5-17)13(20)16-12-3-2-10(14)8-11(12)15/h2-3,8H,4-7H2,1H3,(H,16,20). The summed E-state index contributed by atoms with van der Waals surface area (Å²) >= 11 is 6.78. The normalized spacial score (nSPS) is 15.2. The van der Waals surface area contributed by atoms with Gasteiger partial charge in [-0.2, -0.15) is 0 Å².